The average molecular weight is 292 g/mol. The summed E-state index contributed by atoms with van der Waals surface area (Å²) < 4.78 is 17.8. The molecule has 0 spiro atoms. The second-order valence-corrected chi connectivity index (χ2v) is 6.75. The molecule has 0 bridgehead atoms. The Bertz CT molecular complexity index is 240. The molecule has 0 saturated carbocycles. The van der Waals surface area contributed by atoms with Crippen molar-refractivity contribution in [1.82, 2.24) is 0 Å². The van der Waals surface area contributed by atoms with Gasteiger partial charge >= 0.3 is 0 Å². The van der Waals surface area contributed by atoms with E-state index < -0.39 is 20.6 Å². The molecule has 0 saturated heterocycles. The van der Waals surface area contributed by atoms with Crippen LogP contribution in [-0.2, 0) is 25.4 Å². The van der Waals surface area contributed by atoms with Crippen molar-refractivity contribution in [3.05, 3.63) is 0 Å². The number of phosphoric ester groups is 1. The number of rotatable bonds is 4. The number of hydrogen-bond donors (Lipinski definition) is 0. The third-order valence-corrected chi connectivity index (χ3v) is 2.30. The van der Waals surface area contributed by atoms with Crippen LogP contribution in [-0.4, -0.2) is 12.2 Å². The summed E-state index contributed by atoms with van der Waals surface area (Å²) >= 11 is 3.94. The second-order valence-electron chi connectivity index (χ2n) is 3.20. The Morgan fingerprint density at radius 3 is 1.25 bits per heavy atom. The molecule has 0 N–H and O–H groups in total. The number of phosphoric acid groups is 1. The smallest absolute Gasteiger partial charge is 0.0600 e. The Morgan fingerprint density at radius 2 is 1.25 bits per heavy atom. The highest BCUT2D eigenvalue weighted by Crippen LogP contribution is 2.27. The van der Waals surface area contributed by atoms with Crippen LogP contribution in [0.1, 0.15) is 27.7 Å². The van der Waals surface area contributed by atoms with E-state index in [0.29, 0.717) is 0 Å². The topological polar surface area (TPSA) is 128 Å². The van der Waals surface area contributed by atoms with Crippen LogP contribution in [0.5, 0.6) is 0 Å². The molecule has 0 aliphatic carbocycles. The predicted molar refractivity (Wildman–Crippen MR) is 54.3 cm³/mol. The molecule has 0 amide bonds. The minimum Gasteiger partial charge on any atom is -0.812 e. The zero-order valence-corrected chi connectivity index (χ0v) is 11.9. The van der Waals surface area contributed by atoms with Gasteiger partial charge in [0.1, 0.15) is 0 Å². The van der Waals surface area contributed by atoms with E-state index in [0.717, 1.165) is 0 Å². The lowest BCUT2D eigenvalue weighted by Gasteiger charge is -2.35. The predicted octanol–water partition coefficient (Wildman–Crippen LogP) is -1.40. The Hall–Kier alpha value is 0.640. The highest BCUT2D eigenvalue weighted by Gasteiger charge is 1.93. The van der Waals surface area contributed by atoms with E-state index in [1.54, 1.807) is 13.8 Å². The van der Waals surface area contributed by atoms with Gasteiger partial charge in [0.15, 0.2) is 0 Å². The molecule has 7 nitrogen and oxygen atoms in total. The van der Waals surface area contributed by atoms with Gasteiger partial charge in [-0.3, -0.25) is 0 Å². The van der Waals surface area contributed by atoms with Gasteiger partial charge in [0.2, 0.25) is 0 Å². The summed E-state index contributed by atoms with van der Waals surface area (Å²) in [5, 5.41) is 0. The maximum atomic E-state index is 10.1. The molecule has 0 aliphatic heterocycles. The fraction of sp³-hybridized carbons (Fsp3) is 1.00. The lowest BCUT2D eigenvalue weighted by molar-refractivity contribution is -0.344. The van der Waals surface area contributed by atoms with E-state index in [1.807, 2.05) is 0 Å². The van der Waals surface area contributed by atoms with Crippen molar-refractivity contribution in [2.24, 2.45) is 0 Å². The van der Waals surface area contributed by atoms with E-state index in [2.05, 4.69) is 20.9 Å². The van der Waals surface area contributed by atoms with Crippen LogP contribution >= 0.6 is 14.5 Å². The quantitative estimate of drug-likeness (QED) is 0.578. The van der Waals surface area contributed by atoms with E-state index in [-0.39, 0.29) is 6.10 Å². The summed E-state index contributed by atoms with van der Waals surface area (Å²) in [6.07, 6.45) is -0.883. The van der Waals surface area contributed by atoms with Gasteiger partial charge in [-0.1, -0.05) is 6.72 Å². The van der Waals surface area contributed by atoms with Gasteiger partial charge in [-0.15, -0.1) is 11.8 Å². The van der Waals surface area contributed by atoms with Crippen LogP contribution in [0.3, 0.4) is 0 Å². The van der Waals surface area contributed by atoms with Crippen LogP contribution in [0.15, 0.2) is 0 Å². The third kappa shape index (κ3) is 24.1. The molecule has 100 valence electrons. The Balaban J connectivity index is 0. The molecule has 10 heteroatoms. The largest absolute Gasteiger partial charge is 0.812 e. The fourth-order valence-corrected chi connectivity index (χ4v) is 2.07. The van der Waals surface area contributed by atoms with Gasteiger partial charge in [0.25, 0.3) is 0 Å². The average Bonchev–Trinajstić information content (AvgIpc) is 1.72. The number of hydrogen-bond acceptors (Lipinski definition) is 8. The maximum Gasteiger partial charge on any atom is 0.0600 e. The molecule has 0 aromatic carbocycles. The first-order valence-electron chi connectivity index (χ1n) is 4.24. The summed E-state index contributed by atoms with van der Waals surface area (Å²) in [5.41, 5.74) is 0. The lowest BCUT2D eigenvalue weighted by atomic mass is 10.5. The molecule has 0 aliphatic rings. The van der Waals surface area contributed by atoms with Crippen LogP contribution in [0.25, 0.3) is 0 Å². The zero-order valence-electron chi connectivity index (χ0n) is 9.32. The summed E-state index contributed by atoms with van der Waals surface area (Å²) in [4.78, 5) is 39.5. The van der Waals surface area contributed by atoms with Crippen molar-refractivity contribution in [2.45, 2.75) is 39.9 Å². The standard InChI is InChI=1S/C3H9O4P.C3H9O3PS/c1-3(2)7-8(4,5)6;1-3(2)6-7(4,5)8/h3H,1-2H3,(H2,4,5,6);3H,1-2H3,(H2,4,5,8)/p-4. The van der Waals surface area contributed by atoms with Crippen LogP contribution in [0.4, 0.5) is 0 Å². The van der Waals surface area contributed by atoms with Gasteiger partial charge in [0, 0.05) is 0 Å². The monoisotopic (exact) mass is 292 g/mol. The lowest BCUT2D eigenvalue weighted by Crippen LogP contribution is -2.19. The molecule has 0 radical (unpaired) electrons. The van der Waals surface area contributed by atoms with Crippen molar-refractivity contribution < 1.29 is 33.2 Å². The first-order valence-corrected chi connectivity index (χ1v) is 8.26. The molecule has 0 aromatic heterocycles. The fourth-order valence-electron chi connectivity index (χ4n) is 0.516. The van der Waals surface area contributed by atoms with Crippen LogP contribution < -0.4 is 19.6 Å². The molecule has 0 rings (SSSR count). The molecule has 0 aromatic rings. The molecule has 0 heterocycles. The summed E-state index contributed by atoms with van der Waals surface area (Å²) in [7, 11) is -4.72. The zero-order chi connectivity index (χ0) is 13.6. The minimum atomic E-state index is -4.72. The summed E-state index contributed by atoms with van der Waals surface area (Å²) in [5.74, 6) is 0. The first kappa shape index (κ1) is 19.0. The van der Waals surface area contributed by atoms with Crippen molar-refractivity contribution in [3.63, 3.8) is 0 Å². The van der Waals surface area contributed by atoms with Crippen LogP contribution in [0.2, 0.25) is 0 Å². The Morgan fingerprint density at radius 1 is 0.938 bits per heavy atom. The minimum absolute atomic E-state index is 0.337. The van der Waals surface area contributed by atoms with Crippen molar-refractivity contribution >= 4 is 26.3 Å². The van der Waals surface area contributed by atoms with E-state index in [9.17, 15) is 24.1 Å². The SMILES string of the molecule is CC(C)OP(=O)([O-])[O-].CC(C)OP([O-])([O-])=S. The van der Waals surface area contributed by atoms with Gasteiger partial charge in [-0.05, 0) is 27.7 Å². The molecular weight excluding hydrogens is 278 g/mol. The maximum absolute atomic E-state index is 10.1. The van der Waals surface area contributed by atoms with Crippen molar-refractivity contribution in [3.8, 4) is 0 Å². The molecule has 0 atom stereocenters. The molecular formula is C6H14O7P2S-4. The third-order valence-electron chi connectivity index (χ3n) is 0.680. The first-order chi connectivity index (χ1) is 6.83. The normalized spacial score (nSPS) is 12.6. The van der Waals surface area contributed by atoms with E-state index >= 15 is 0 Å². The van der Waals surface area contributed by atoms with Gasteiger partial charge in [0.05, 0.1) is 20.0 Å². The Kier molecular flexibility index (Phi) is 9.34. The summed E-state index contributed by atoms with van der Waals surface area (Å²) in [6.45, 7) is 2.28. The van der Waals surface area contributed by atoms with Gasteiger partial charge in [-0.2, -0.15) is 0 Å². The molecule has 0 fully saturated rings. The van der Waals surface area contributed by atoms with Gasteiger partial charge < -0.3 is 33.2 Å². The highest BCUT2D eigenvalue weighted by molar-refractivity contribution is 8.05. The van der Waals surface area contributed by atoms with E-state index in [4.69, 9.17) is 0 Å². The second kappa shape index (κ2) is 7.87. The van der Waals surface area contributed by atoms with Crippen LogP contribution in [0, 0.1) is 0 Å². The highest BCUT2D eigenvalue weighted by atomic mass is 32.5. The van der Waals surface area contributed by atoms with Crippen molar-refractivity contribution in [1.29, 1.82) is 0 Å². The van der Waals surface area contributed by atoms with E-state index in [1.165, 1.54) is 13.8 Å². The summed E-state index contributed by atoms with van der Waals surface area (Å²) in [6, 6.07) is 0. The molecule has 0 unspecified atom stereocenters. The Labute approximate surface area is 99.9 Å². The van der Waals surface area contributed by atoms with Gasteiger partial charge in [-0.25, -0.2) is 0 Å². The molecule has 16 heavy (non-hydrogen) atoms. The van der Waals surface area contributed by atoms with Crippen molar-refractivity contribution in [2.75, 3.05) is 0 Å².